The van der Waals surface area contributed by atoms with Crippen molar-refractivity contribution in [3.63, 3.8) is 0 Å². The van der Waals surface area contributed by atoms with Crippen molar-refractivity contribution in [1.82, 2.24) is 0 Å². The van der Waals surface area contributed by atoms with Crippen molar-refractivity contribution in [3.8, 4) is 0 Å². The fourth-order valence-corrected chi connectivity index (χ4v) is 1.63. The summed E-state index contributed by atoms with van der Waals surface area (Å²) >= 11 is 1.66. The second-order valence-corrected chi connectivity index (χ2v) is 4.30. The van der Waals surface area contributed by atoms with Crippen molar-refractivity contribution in [2.75, 3.05) is 19.8 Å². The average Bonchev–Trinajstić information content (AvgIpc) is 2.39. The van der Waals surface area contributed by atoms with Crippen LogP contribution in [-0.2, 0) is 8.37 Å². The molecule has 0 heterocycles. The van der Waals surface area contributed by atoms with E-state index in [-0.39, 0.29) is 19.8 Å². The van der Waals surface area contributed by atoms with Gasteiger partial charge in [0.1, 0.15) is 5.60 Å². The zero-order valence-electron chi connectivity index (χ0n) is 11.6. The van der Waals surface area contributed by atoms with Crippen LogP contribution in [-0.4, -0.2) is 52.5 Å². The summed E-state index contributed by atoms with van der Waals surface area (Å²) in [4.78, 5) is 0. The summed E-state index contributed by atoms with van der Waals surface area (Å²) in [5.41, 5.74) is -1.29. The third-order valence-electron chi connectivity index (χ3n) is 1.96. The van der Waals surface area contributed by atoms with Crippen LogP contribution in [0.15, 0.2) is 12.2 Å². The Morgan fingerprint density at radius 1 is 1.24 bits per heavy atom. The lowest BCUT2D eigenvalue weighted by Gasteiger charge is -2.23. The summed E-state index contributed by atoms with van der Waals surface area (Å²) in [5.74, 6) is 0. The van der Waals surface area contributed by atoms with Crippen LogP contribution in [0.25, 0.3) is 0 Å². The lowest BCUT2D eigenvalue weighted by Crippen LogP contribution is -2.36. The molecule has 0 saturated carbocycles. The van der Waals surface area contributed by atoms with E-state index in [2.05, 4.69) is 0 Å². The molecule has 96 valence electrons. The smallest absolute Gasteiger partial charge is 0.209 e. The SMILES string of the molecule is [3H][B]SOCC(O)(/C=C/CCCCO)COS[B][3H]. The van der Waals surface area contributed by atoms with Crippen LogP contribution in [0.3, 0.4) is 0 Å². The van der Waals surface area contributed by atoms with Gasteiger partial charge in [-0.1, -0.05) is 35.9 Å². The molecule has 0 rings (SSSR count). The first-order valence-corrected chi connectivity index (χ1v) is 6.77. The van der Waals surface area contributed by atoms with Crippen molar-refractivity contribution in [3.05, 3.63) is 12.2 Å². The van der Waals surface area contributed by atoms with Crippen LogP contribution < -0.4 is 0 Å². The number of hydrogen-bond acceptors (Lipinski definition) is 6. The Kier molecular flexibility index (Phi) is 9.36. The Hall–Kier alpha value is 0.410. The van der Waals surface area contributed by atoms with Crippen LogP contribution in [0, 0.1) is 0 Å². The molecule has 0 aromatic heterocycles. The summed E-state index contributed by atoms with van der Waals surface area (Å²) in [7, 11) is 2.05. The van der Waals surface area contributed by atoms with Crippen molar-refractivity contribution >= 4 is 38.0 Å². The number of unbranched alkanes of at least 4 members (excludes halogenated alkanes) is 2. The first-order valence-electron chi connectivity index (χ1n) is 6.31. The van der Waals surface area contributed by atoms with E-state index in [1.54, 1.807) is 6.08 Å². The Bertz CT molecular complexity index is 230. The first-order chi connectivity index (χ1) is 9.18. The van der Waals surface area contributed by atoms with E-state index < -0.39 is 5.60 Å². The van der Waals surface area contributed by atoms with Gasteiger partial charge in [-0.2, -0.15) is 0 Å². The Morgan fingerprint density at radius 3 is 2.41 bits per heavy atom. The van der Waals surface area contributed by atoms with Gasteiger partial charge in [-0.15, -0.1) is 0 Å². The molecule has 0 aliphatic rings. The fourth-order valence-electron chi connectivity index (χ4n) is 1.09. The molecular formula is C9H18B2O4S2. The third-order valence-corrected chi connectivity index (χ3v) is 2.47. The minimum Gasteiger partial charge on any atom is -0.396 e. The maximum atomic E-state index is 10.3. The highest BCUT2D eigenvalue weighted by Gasteiger charge is 2.24. The van der Waals surface area contributed by atoms with Gasteiger partial charge in [-0.25, -0.2) is 0 Å². The molecule has 2 radical (unpaired) electrons. The molecule has 0 unspecified atom stereocenters. The van der Waals surface area contributed by atoms with E-state index in [1.807, 2.05) is 6.08 Å². The van der Waals surface area contributed by atoms with Crippen molar-refractivity contribution in [1.29, 1.82) is 2.67 Å². The second-order valence-electron chi connectivity index (χ2n) is 3.44. The van der Waals surface area contributed by atoms with Gasteiger partial charge in [0, 0.05) is 6.61 Å². The van der Waals surface area contributed by atoms with Gasteiger partial charge >= 0.3 is 0 Å². The maximum Gasteiger partial charge on any atom is 0.209 e. The molecular weight excluding hydrogens is 258 g/mol. The Labute approximate surface area is 116 Å². The van der Waals surface area contributed by atoms with Gasteiger partial charge in [0.25, 0.3) is 0 Å². The lowest BCUT2D eigenvalue weighted by atomic mass is 10.1. The predicted octanol–water partition coefficient (Wildman–Crippen LogP) is 0.397. The summed E-state index contributed by atoms with van der Waals surface area (Å²) in [6, 6.07) is 0. The lowest BCUT2D eigenvalue weighted by molar-refractivity contribution is 0.0112. The van der Waals surface area contributed by atoms with E-state index >= 15 is 0 Å². The van der Waals surface area contributed by atoms with E-state index in [9.17, 15) is 5.11 Å². The molecule has 0 bridgehead atoms. The van der Waals surface area contributed by atoms with Gasteiger partial charge in [0.15, 0.2) is 0 Å². The number of hydrogen-bond donors (Lipinski definition) is 2. The highest BCUT2D eigenvalue weighted by Crippen LogP contribution is 2.14. The van der Waals surface area contributed by atoms with Crippen molar-refractivity contribution < 1.29 is 18.6 Å². The second kappa shape index (κ2) is 11.5. The number of aliphatic hydroxyl groups is 2. The summed E-state index contributed by atoms with van der Waals surface area (Å²) in [6.45, 7) is 0.139. The topological polar surface area (TPSA) is 58.9 Å². The Morgan fingerprint density at radius 2 is 1.88 bits per heavy atom. The molecule has 2 N–H and O–H groups in total. The minimum atomic E-state index is -1.29. The van der Waals surface area contributed by atoms with Crippen LogP contribution in [0.2, 0.25) is 0 Å². The van der Waals surface area contributed by atoms with Gasteiger partial charge in [-0.3, -0.25) is 0 Å². The van der Waals surface area contributed by atoms with Gasteiger partial charge in [0.05, 0.1) is 13.2 Å². The molecule has 8 heteroatoms. The summed E-state index contributed by atoms with van der Waals surface area (Å²) in [5, 5.41) is 18.9. The standard InChI is InChI=1S/C9H18B2O4S2/c10-16-14-7-9(13,8-15-17-11)5-3-1-2-4-6-12/h3,5,10-13H,1-2,4,6-8H2/b5-3+/i10T,11T. The van der Waals surface area contributed by atoms with Crippen molar-refractivity contribution in [2.45, 2.75) is 24.9 Å². The molecule has 0 amide bonds. The molecule has 0 aromatic rings. The van der Waals surface area contributed by atoms with E-state index in [0.717, 1.165) is 57.2 Å². The zero-order valence-corrected chi connectivity index (χ0v) is 11.2. The van der Waals surface area contributed by atoms with E-state index in [0.29, 0.717) is 0 Å². The molecule has 17 heavy (non-hydrogen) atoms. The molecule has 0 atom stereocenters. The van der Waals surface area contributed by atoms with E-state index in [1.165, 1.54) is 0 Å². The van der Waals surface area contributed by atoms with Crippen LogP contribution in [0.1, 0.15) is 19.3 Å². The molecule has 0 fully saturated rings. The number of allylic oxidation sites excluding steroid dienone is 1. The highest BCUT2D eigenvalue weighted by atomic mass is 32.2. The van der Waals surface area contributed by atoms with Gasteiger partial charge < -0.3 is 18.6 Å². The molecule has 0 spiro atoms. The number of rotatable bonds is 13. The quantitative estimate of drug-likeness (QED) is 0.220. The molecule has 0 aliphatic carbocycles. The number of aliphatic hydroxyl groups excluding tert-OH is 1. The highest BCUT2D eigenvalue weighted by molar-refractivity contribution is 8.16. The molecule has 0 aliphatic heterocycles. The summed E-state index contributed by atoms with van der Waals surface area (Å²) in [6.07, 6.45) is 5.72. The van der Waals surface area contributed by atoms with Gasteiger partial charge in [0.2, 0.25) is 14.2 Å². The Balaban J connectivity index is 4.13. The fraction of sp³-hybridized carbons (Fsp3) is 0.778. The van der Waals surface area contributed by atoms with Crippen LogP contribution >= 0.6 is 23.8 Å². The molecule has 4 nitrogen and oxygen atoms in total. The molecule has 0 aromatic carbocycles. The van der Waals surface area contributed by atoms with E-state index in [4.69, 9.17) is 16.1 Å². The monoisotopic (exact) mass is 280 g/mol. The van der Waals surface area contributed by atoms with Crippen LogP contribution in [0.5, 0.6) is 0 Å². The predicted molar refractivity (Wildman–Crippen MR) is 76.4 cm³/mol. The van der Waals surface area contributed by atoms with Gasteiger partial charge in [-0.05, 0) is 21.9 Å². The summed E-state index contributed by atoms with van der Waals surface area (Å²) < 4.78 is 23.7. The molecule has 0 saturated heterocycles. The average molecular weight is 280 g/mol. The third kappa shape index (κ3) is 10.1. The normalized spacial score (nSPS) is 13.5. The minimum absolute atomic E-state index is 0.0118. The maximum absolute atomic E-state index is 10.3. The van der Waals surface area contributed by atoms with Crippen molar-refractivity contribution in [2.24, 2.45) is 0 Å². The van der Waals surface area contributed by atoms with Crippen LogP contribution in [0.4, 0.5) is 0 Å². The first kappa shape index (κ1) is 13.8. The largest absolute Gasteiger partial charge is 0.396 e. The zero-order chi connectivity index (χ0) is 14.4.